The van der Waals surface area contributed by atoms with Crippen LogP contribution in [0.5, 0.6) is 0 Å². The minimum atomic E-state index is -0.941. The molecule has 2 aromatic rings. The summed E-state index contributed by atoms with van der Waals surface area (Å²) in [5, 5.41) is 16.3. The van der Waals surface area contributed by atoms with Gasteiger partial charge in [-0.2, -0.15) is 0 Å². The summed E-state index contributed by atoms with van der Waals surface area (Å²) >= 11 is 4.54. The third-order valence-corrected chi connectivity index (χ3v) is 5.53. The van der Waals surface area contributed by atoms with Gasteiger partial charge >= 0.3 is 6.09 Å². The van der Waals surface area contributed by atoms with E-state index in [1.54, 1.807) is 62.2 Å². The number of hydrogen-bond donors (Lipinski definition) is 4. The smallest absolute Gasteiger partial charge is 0.410 e. The van der Waals surface area contributed by atoms with Crippen molar-refractivity contribution in [3.63, 3.8) is 0 Å². The van der Waals surface area contributed by atoms with E-state index in [-0.39, 0.29) is 25.6 Å². The number of aromatic nitrogens is 1. The van der Waals surface area contributed by atoms with E-state index < -0.39 is 28.6 Å². The standard InChI is InChI=1S/C23H30N4O4S/c1-22(2,3)31-21(30)27-13-17(14-28)23(15-27,18-11-7-8-12-24-18)26-20(32)25-19(29)16-9-5-4-6-10-16/h4-12,17,20,26,28,32H,13-15H2,1-3H3,(H,25,29)/t17-,20?,23-/m0/s1. The molecule has 2 heterocycles. The molecule has 3 N–H and O–H groups in total. The summed E-state index contributed by atoms with van der Waals surface area (Å²) < 4.78 is 5.54. The summed E-state index contributed by atoms with van der Waals surface area (Å²) in [6.07, 6.45) is 1.18. The molecule has 0 bridgehead atoms. The summed E-state index contributed by atoms with van der Waals surface area (Å²) in [5.74, 6) is -0.690. The van der Waals surface area contributed by atoms with Crippen molar-refractivity contribution in [1.82, 2.24) is 20.5 Å². The van der Waals surface area contributed by atoms with Gasteiger partial charge in [0.05, 0.1) is 11.2 Å². The van der Waals surface area contributed by atoms with Crippen LogP contribution in [0.15, 0.2) is 54.7 Å². The first kappa shape index (κ1) is 24.0. The van der Waals surface area contributed by atoms with Gasteiger partial charge < -0.3 is 20.1 Å². The van der Waals surface area contributed by atoms with Gasteiger partial charge in [-0.1, -0.05) is 24.3 Å². The predicted molar refractivity (Wildman–Crippen MR) is 124 cm³/mol. The number of amides is 2. The van der Waals surface area contributed by atoms with Crippen molar-refractivity contribution in [3.05, 3.63) is 66.0 Å². The number of aliphatic hydroxyl groups is 1. The first-order chi connectivity index (χ1) is 15.1. The molecule has 172 valence electrons. The van der Waals surface area contributed by atoms with E-state index >= 15 is 0 Å². The Labute approximate surface area is 193 Å². The summed E-state index contributed by atoms with van der Waals surface area (Å²) in [6, 6.07) is 14.3. The minimum Gasteiger partial charge on any atom is -0.444 e. The van der Waals surface area contributed by atoms with Gasteiger partial charge in [0.1, 0.15) is 11.1 Å². The second-order valence-corrected chi connectivity index (χ2v) is 9.33. The molecule has 8 nitrogen and oxygen atoms in total. The van der Waals surface area contributed by atoms with Crippen LogP contribution >= 0.6 is 12.6 Å². The molecule has 2 amide bonds. The van der Waals surface area contributed by atoms with Crippen molar-refractivity contribution in [2.24, 2.45) is 5.92 Å². The molecule has 32 heavy (non-hydrogen) atoms. The molecule has 0 radical (unpaired) electrons. The van der Waals surface area contributed by atoms with E-state index in [2.05, 4.69) is 28.2 Å². The molecule has 1 aliphatic heterocycles. The Bertz CT molecular complexity index is 923. The zero-order valence-corrected chi connectivity index (χ0v) is 19.4. The molecule has 3 atom stereocenters. The van der Waals surface area contributed by atoms with Crippen molar-refractivity contribution < 1.29 is 19.4 Å². The van der Waals surface area contributed by atoms with Gasteiger partial charge in [0.2, 0.25) is 0 Å². The normalized spacial score (nSPS) is 21.8. The molecule has 1 aromatic heterocycles. The lowest BCUT2D eigenvalue weighted by molar-refractivity contribution is 0.0275. The van der Waals surface area contributed by atoms with E-state index in [1.807, 2.05) is 18.2 Å². The zero-order chi connectivity index (χ0) is 23.4. The molecule has 1 saturated heterocycles. The number of pyridine rings is 1. The SMILES string of the molecule is CC(C)(C)OC(=O)N1C[C@@H](CO)[C@](NC(S)NC(=O)c2ccccc2)(c2ccccn2)C1. The Morgan fingerprint density at radius 3 is 2.53 bits per heavy atom. The Morgan fingerprint density at radius 1 is 1.25 bits per heavy atom. The number of carbonyl (C=O) groups is 2. The second kappa shape index (κ2) is 9.89. The lowest BCUT2D eigenvalue weighted by atomic mass is 9.84. The molecule has 3 rings (SSSR count). The van der Waals surface area contributed by atoms with Crippen molar-refractivity contribution in [1.29, 1.82) is 0 Å². The quantitative estimate of drug-likeness (QED) is 0.391. The summed E-state index contributed by atoms with van der Waals surface area (Å²) in [6.45, 7) is 5.67. The van der Waals surface area contributed by atoms with Gasteiger partial charge in [0, 0.05) is 37.4 Å². The Hall–Kier alpha value is -2.62. The van der Waals surface area contributed by atoms with E-state index in [1.165, 1.54) is 0 Å². The number of rotatable bonds is 6. The van der Waals surface area contributed by atoms with Crippen LogP contribution in [-0.4, -0.2) is 57.8 Å². The van der Waals surface area contributed by atoms with Crippen LogP contribution in [0.1, 0.15) is 36.8 Å². The topological polar surface area (TPSA) is 104 Å². The first-order valence-corrected chi connectivity index (χ1v) is 11.0. The van der Waals surface area contributed by atoms with Crippen molar-refractivity contribution in [2.45, 2.75) is 37.4 Å². The van der Waals surface area contributed by atoms with Crippen LogP contribution in [0.25, 0.3) is 0 Å². The zero-order valence-electron chi connectivity index (χ0n) is 18.5. The molecule has 0 aliphatic carbocycles. The third-order valence-electron chi connectivity index (χ3n) is 5.27. The van der Waals surface area contributed by atoms with Crippen molar-refractivity contribution in [2.75, 3.05) is 19.7 Å². The maximum Gasteiger partial charge on any atom is 0.410 e. The van der Waals surface area contributed by atoms with Gasteiger partial charge in [0.15, 0.2) is 0 Å². The van der Waals surface area contributed by atoms with Crippen LogP contribution in [0.4, 0.5) is 4.79 Å². The number of benzene rings is 1. The molecule has 1 fully saturated rings. The van der Waals surface area contributed by atoms with Gasteiger partial charge in [-0.25, -0.2) is 4.79 Å². The van der Waals surface area contributed by atoms with Gasteiger partial charge in [-0.15, -0.1) is 12.6 Å². The maximum atomic E-state index is 12.8. The van der Waals surface area contributed by atoms with Crippen LogP contribution in [0.2, 0.25) is 0 Å². The van der Waals surface area contributed by atoms with Crippen molar-refractivity contribution in [3.8, 4) is 0 Å². The van der Waals surface area contributed by atoms with Crippen LogP contribution < -0.4 is 10.6 Å². The largest absolute Gasteiger partial charge is 0.444 e. The number of nitrogens with one attached hydrogen (secondary N) is 2. The lowest BCUT2D eigenvalue weighted by Crippen LogP contribution is -2.57. The maximum absolute atomic E-state index is 12.8. The fraction of sp³-hybridized carbons (Fsp3) is 0.435. The average molecular weight is 459 g/mol. The molecule has 0 saturated carbocycles. The fourth-order valence-corrected chi connectivity index (χ4v) is 4.17. The lowest BCUT2D eigenvalue weighted by Gasteiger charge is -2.37. The van der Waals surface area contributed by atoms with Gasteiger partial charge in [0.25, 0.3) is 5.91 Å². The highest BCUT2D eigenvalue weighted by Gasteiger charge is 2.51. The number of nitrogens with zero attached hydrogens (tertiary/aromatic N) is 2. The third kappa shape index (κ3) is 5.59. The number of ether oxygens (including phenoxy) is 1. The predicted octanol–water partition coefficient (Wildman–Crippen LogP) is 2.37. The molecular formula is C23H30N4O4S. The van der Waals surface area contributed by atoms with Crippen LogP contribution in [0.3, 0.4) is 0 Å². The number of carbonyl (C=O) groups excluding carboxylic acids is 2. The van der Waals surface area contributed by atoms with E-state index in [9.17, 15) is 14.7 Å². The highest BCUT2D eigenvalue weighted by Crippen LogP contribution is 2.37. The number of thiol groups is 1. The van der Waals surface area contributed by atoms with E-state index in [0.717, 1.165) is 0 Å². The molecule has 1 aliphatic rings. The first-order valence-electron chi connectivity index (χ1n) is 10.5. The fourth-order valence-electron chi connectivity index (χ4n) is 3.83. The van der Waals surface area contributed by atoms with Gasteiger partial charge in [-0.3, -0.25) is 15.1 Å². The van der Waals surface area contributed by atoms with E-state index in [0.29, 0.717) is 11.3 Å². The summed E-state index contributed by atoms with van der Waals surface area (Å²) in [5.41, 5.74) is -1.22. The molecule has 1 aromatic carbocycles. The summed E-state index contributed by atoms with van der Waals surface area (Å²) in [7, 11) is 0. The molecule has 1 unspecified atom stereocenters. The minimum absolute atomic E-state index is 0.197. The monoisotopic (exact) mass is 458 g/mol. The Kier molecular flexibility index (Phi) is 7.43. The van der Waals surface area contributed by atoms with Crippen LogP contribution in [-0.2, 0) is 10.3 Å². The number of hydrogen-bond acceptors (Lipinski definition) is 7. The molecule has 0 spiro atoms. The second-order valence-electron chi connectivity index (χ2n) is 8.81. The Balaban J connectivity index is 1.86. The molecular weight excluding hydrogens is 428 g/mol. The number of aliphatic hydroxyl groups excluding tert-OH is 1. The molecule has 9 heteroatoms. The number of likely N-dealkylation sites (tertiary alicyclic amines) is 1. The summed E-state index contributed by atoms with van der Waals surface area (Å²) in [4.78, 5) is 31.4. The van der Waals surface area contributed by atoms with Crippen molar-refractivity contribution >= 4 is 24.6 Å². The average Bonchev–Trinajstić information content (AvgIpc) is 3.13. The highest BCUT2D eigenvalue weighted by molar-refractivity contribution is 7.80. The Morgan fingerprint density at radius 2 is 1.94 bits per heavy atom. The van der Waals surface area contributed by atoms with Gasteiger partial charge in [-0.05, 0) is 45.0 Å². The highest BCUT2D eigenvalue weighted by atomic mass is 32.1. The van der Waals surface area contributed by atoms with Crippen LogP contribution in [0, 0.1) is 5.92 Å². The van der Waals surface area contributed by atoms with E-state index in [4.69, 9.17) is 4.74 Å².